The van der Waals surface area contributed by atoms with Crippen LogP contribution >= 0.6 is 0 Å². The molecule has 6 rings (SSSR count). The summed E-state index contributed by atoms with van der Waals surface area (Å²) in [7, 11) is 3.38. The van der Waals surface area contributed by atoms with Gasteiger partial charge < -0.3 is 25.0 Å². The first kappa shape index (κ1) is 27.1. The van der Waals surface area contributed by atoms with Gasteiger partial charge in [-0.25, -0.2) is 0 Å². The Morgan fingerprint density at radius 1 is 1.10 bits per heavy atom. The van der Waals surface area contributed by atoms with Crippen LogP contribution in [0.3, 0.4) is 0 Å². The minimum absolute atomic E-state index is 0.00831. The number of carbonyl (C=O) groups excluding carboxylic acids is 2. The molecule has 1 fully saturated rings. The number of alkyl halides is 3. The molecule has 2 amide bonds. The monoisotopic (exact) mass is 565 g/mol. The zero-order chi connectivity index (χ0) is 29.1. The third kappa shape index (κ3) is 5.12. The Balaban J connectivity index is 1.18. The van der Waals surface area contributed by atoms with E-state index in [1.54, 1.807) is 19.0 Å². The number of carbonyl (C=O) groups is 2. The highest BCUT2D eigenvalue weighted by Crippen LogP contribution is 2.55. The van der Waals surface area contributed by atoms with E-state index < -0.39 is 17.6 Å². The first-order chi connectivity index (χ1) is 19.5. The van der Waals surface area contributed by atoms with Crippen molar-refractivity contribution in [3.05, 3.63) is 81.9 Å². The van der Waals surface area contributed by atoms with Crippen LogP contribution in [0.15, 0.2) is 48.5 Å². The summed E-state index contributed by atoms with van der Waals surface area (Å²) < 4.78 is 53.4. The molecule has 7 nitrogen and oxygen atoms in total. The standard InChI is InChI=1S/C31H30F3N3O4/c1-4-16-7-10-23(20-9-12-25(38)35-27(16)20)40-19-8-11-24-21(14-19)26-28(29(26)41-24)36-30(39)17-5-6-18(15-37(2)3)22(13-17)31(32,33)34/h5-8,10-11,13-14,26,28-29H,4,9,12,15H2,1-3H3,(H,35,38)(H,36,39)/t26-,28+,29-/m0/s1. The molecule has 1 aliphatic carbocycles. The van der Waals surface area contributed by atoms with Crippen molar-refractivity contribution in [2.75, 3.05) is 19.4 Å². The molecule has 2 heterocycles. The summed E-state index contributed by atoms with van der Waals surface area (Å²) in [5, 5.41) is 5.83. The van der Waals surface area contributed by atoms with Crippen molar-refractivity contribution in [3.63, 3.8) is 0 Å². The molecule has 3 aromatic rings. The van der Waals surface area contributed by atoms with Crippen molar-refractivity contribution in [3.8, 4) is 17.2 Å². The predicted octanol–water partition coefficient (Wildman–Crippen LogP) is 5.66. The Bertz CT molecular complexity index is 1550. The summed E-state index contributed by atoms with van der Waals surface area (Å²) in [6.07, 6.45) is -3.09. The highest BCUT2D eigenvalue weighted by molar-refractivity contribution is 5.96. The molecule has 2 N–H and O–H groups in total. The molecule has 0 unspecified atom stereocenters. The number of ether oxygens (including phenoxy) is 2. The molecule has 3 aliphatic rings. The lowest BCUT2D eigenvalue weighted by molar-refractivity contribution is -0.138. The number of halogens is 3. The van der Waals surface area contributed by atoms with Gasteiger partial charge in [-0.15, -0.1) is 0 Å². The minimum Gasteiger partial charge on any atom is -0.487 e. The van der Waals surface area contributed by atoms with Crippen molar-refractivity contribution < 1.29 is 32.2 Å². The number of aryl methyl sites for hydroxylation is 1. The van der Waals surface area contributed by atoms with Crippen LogP contribution in [0, 0.1) is 0 Å². The number of hydrogen-bond acceptors (Lipinski definition) is 5. The lowest BCUT2D eigenvalue weighted by Crippen LogP contribution is -2.30. The van der Waals surface area contributed by atoms with Gasteiger partial charge in [-0.3, -0.25) is 9.59 Å². The summed E-state index contributed by atoms with van der Waals surface area (Å²) >= 11 is 0. The number of nitrogens with one attached hydrogen (secondary N) is 2. The lowest BCUT2D eigenvalue weighted by atomic mass is 9.96. The fourth-order valence-corrected chi connectivity index (χ4v) is 5.81. The van der Waals surface area contributed by atoms with Gasteiger partial charge >= 0.3 is 6.18 Å². The van der Waals surface area contributed by atoms with Crippen LogP contribution in [-0.4, -0.2) is 43.0 Å². The maximum Gasteiger partial charge on any atom is 0.416 e. The van der Waals surface area contributed by atoms with Crippen LogP contribution in [0.5, 0.6) is 17.2 Å². The van der Waals surface area contributed by atoms with Gasteiger partial charge in [0.15, 0.2) is 0 Å². The number of anilines is 1. The number of benzene rings is 3. The van der Waals surface area contributed by atoms with Crippen LogP contribution < -0.4 is 20.1 Å². The summed E-state index contributed by atoms with van der Waals surface area (Å²) in [6, 6.07) is 12.7. The molecular formula is C31H30F3N3O4. The van der Waals surface area contributed by atoms with Crippen LogP contribution in [0.2, 0.25) is 0 Å². The Morgan fingerprint density at radius 2 is 1.88 bits per heavy atom. The van der Waals surface area contributed by atoms with Crippen molar-refractivity contribution in [2.45, 2.75) is 57.0 Å². The lowest BCUT2D eigenvalue weighted by Gasteiger charge is -2.23. The number of hydrogen-bond donors (Lipinski definition) is 2. The molecule has 10 heteroatoms. The molecule has 3 aromatic carbocycles. The van der Waals surface area contributed by atoms with Gasteiger partial charge in [0.1, 0.15) is 23.4 Å². The second kappa shape index (κ2) is 10.1. The van der Waals surface area contributed by atoms with Gasteiger partial charge in [0, 0.05) is 29.7 Å². The maximum atomic E-state index is 13.7. The van der Waals surface area contributed by atoms with Crippen LogP contribution in [0.4, 0.5) is 18.9 Å². The molecule has 3 atom stereocenters. The third-order valence-corrected chi connectivity index (χ3v) is 7.85. The molecule has 0 bridgehead atoms. The summed E-state index contributed by atoms with van der Waals surface area (Å²) in [5.74, 6) is 1.26. The number of nitrogens with zero attached hydrogens (tertiary/aromatic N) is 1. The van der Waals surface area contributed by atoms with Gasteiger partial charge in [-0.2, -0.15) is 13.2 Å². The molecule has 41 heavy (non-hydrogen) atoms. The first-order valence-corrected chi connectivity index (χ1v) is 13.6. The fraction of sp³-hybridized carbons (Fsp3) is 0.355. The third-order valence-electron chi connectivity index (χ3n) is 7.85. The second-order valence-corrected chi connectivity index (χ2v) is 11.0. The average molecular weight is 566 g/mol. The van der Waals surface area contributed by atoms with Gasteiger partial charge in [-0.05, 0) is 74.5 Å². The predicted molar refractivity (Wildman–Crippen MR) is 147 cm³/mol. The Kier molecular flexibility index (Phi) is 6.68. The summed E-state index contributed by atoms with van der Waals surface area (Å²) in [4.78, 5) is 26.6. The van der Waals surface area contributed by atoms with E-state index in [0.717, 1.165) is 34.9 Å². The smallest absolute Gasteiger partial charge is 0.416 e. The van der Waals surface area contributed by atoms with Crippen molar-refractivity contribution >= 4 is 17.5 Å². The largest absolute Gasteiger partial charge is 0.487 e. The SMILES string of the molecule is CCc1ccc(Oc2ccc3c(c2)[C@H]2[C@@H](NC(=O)c4ccc(CN(C)C)c(C(F)(F)F)c4)[C@H]2O3)c2c1NC(=O)CC2. The Labute approximate surface area is 235 Å². The van der Waals surface area contributed by atoms with E-state index in [2.05, 4.69) is 10.6 Å². The van der Waals surface area contributed by atoms with E-state index in [0.29, 0.717) is 30.1 Å². The molecule has 0 saturated heterocycles. The number of rotatable bonds is 7. The second-order valence-electron chi connectivity index (χ2n) is 11.0. The molecule has 2 aliphatic heterocycles. The zero-order valence-electron chi connectivity index (χ0n) is 22.9. The fourth-order valence-electron chi connectivity index (χ4n) is 5.81. The first-order valence-electron chi connectivity index (χ1n) is 13.6. The van der Waals surface area contributed by atoms with E-state index in [4.69, 9.17) is 9.47 Å². The van der Waals surface area contributed by atoms with Crippen LogP contribution in [0.25, 0.3) is 0 Å². The summed E-state index contributed by atoms with van der Waals surface area (Å²) in [6.45, 7) is 2.15. The van der Waals surface area contributed by atoms with E-state index in [9.17, 15) is 22.8 Å². The molecule has 0 aromatic heterocycles. The van der Waals surface area contributed by atoms with E-state index in [1.807, 2.05) is 37.3 Å². The average Bonchev–Trinajstić information content (AvgIpc) is 3.44. The molecule has 214 valence electrons. The van der Waals surface area contributed by atoms with Gasteiger partial charge in [-0.1, -0.05) is 19.1 Å². The Hall–Kier alpha value is -4.05. The van der Waals surface area contributed by atoms with Crippen LogP contribution in [-0.2, 0) is 30.4 Å². The minimum atomic E-state index is -4.57. The quantitative estimate of drug-likeness (QED) is 0.386. The molecule has 0 radical (unpaired) electrons. The molecule has 1 saturated carbocycles. The number of amides is 2. The molecular weight excluding hydrogens is 535 g/mol. The normalized spacial score (nSPS) is 20.5. The van der Waals surface area contributed by atoms with Gasteiger partial charge in [0.2, 0.25) is 5.91 Å². The number of fused-ring (bicyclic) bond motifs is 4. The van der Waals surface area contributed by atoms with E-state index >= 15 is 0 Å². The topological polar surface area (TPSA) is 79.9 Å². The molecule has 0 spiro atoms. The van der Waals surface area contributed by atoms with E-state index in [-0.39, 0.29) is 41.6 Å². The highest BCUT2D eigenvalue weighted by atomic mass is 19.4. The van der Waals surface area contributed by atoms with Crippen molar-refractivity contribution in [1.82, 2.24) is 10.2 Å². The maximum absolute atomic E-state index is 13.7. The summed E-state index contributed by atoms with van der Waals surface area (Å²) in [5.41, 5.74) is 2.96. The van der Waals surface area contributed by atoms with Crippen molar-refractivity contribution in [2.24, 2.45) is 0 Å². The van der Waals surface area contributed by atoms with Gasteiger partial charge in [0.05, 0.1) is 23.2 Å². The highest BCUT2D eigenvalue weighted by Gasteiger charge is 2.59. The van der Waals surface area contributed by atoms with Crippen molar-refractivity contribution in [1.29, 1.82) is 0 Å². The zero-order valence-corrected chi connectivity index (χ0v) is 22.9. The van der Waals surface area contributed by atoms with Gasteiger partial charge in [0.25, 0.3) is 5.91 Å². The van der Waals surface area contributed by atoms with E-state index in [1.165, 1.54) is 12.1 Å². The van der Waals surface area contributed by atoms with Crippen LogP contribution in [0.1, 0.15) is 57.4 Å². The Morgan fingerprint density at radius 3 is 2.61 bits per heavy atom.